The van der Waals surface area contributed by atoms with E-state index in [2.05, 4.69) is 4.98 Å². The topological polar surface area (TPSA) is 62.4 Å². The van der Waals surface area contributed by atoms with Gasteiger partial charge in [0.15, 0.2) is 6.61 Å². The number of amides is 1. The number of aromatic amines is 1. The molecule has 1 amide bonds. The Balaban J connectivity index is 1.38. The number of para-hydroxylation sites is 1. The number of carbonyl (C=O) groups is 2. The third kappa shape index (κ3) is 3.28. The first-order valence-corrected chi connectivity index (χ1v) is 9.27. The zero-order valence-electron chi connectivity index (χ0n) is 14.4. The molecule has 1 saturated carbocycles. The number of hydrogen-bond acceptors (Lipinski definition) is 3. The van der Waals surface area contributed by atoms with Crippen LogP contribution in [0.1, 0.15) is 49.0 Å². The van der Waals surface area contributed by atoms with Crippen molar-refractivity contribution in [1.29, 1.82) is 0 Å². The van der Waals surface area contributed by atoms with E-state index in [0.717, 1.165) is 30.3 Å². The van der Waals surface area contributed by atoms with Crippen LogP contribution in [-0.4, -0.2) is 41.0 Å². The Morgan fingerprint density at radius 2 is 1.92 bits per heavy atom. The predicted octanol–water partition coefficient (Wildman–Crippen LogP) is 3.51. The van der Waals surface area contributed by atoms with Crippen molar-refractivity contribution in [3.63, 3.8) is 0 Å². The Morgan fingerprint density at radius 1 is 1.12 bits per heavy atom. The highest BCUT2D eigenvalue weighted by atomic mass is 16.5. The lowest BCUT2D eigenvalue weighted by molar-refractivity contribution is -0.140. The zero-order chi connectivity index (χ0) is 17.2. The van der Waals surface area contributed by atoms with E-state index >= 15 is 0 Å². The molecule has 4 rings (SSSR count). The van der Waals surface area contributed by atoms with Gasteiger partial charge in [0.05, 0.1) is 0 Å². The van der Waals surface area contributed by atoms with E-state index in [1.54, 1.807) is 6.07 Å². The minimum absolute atomic E-state index is 0.0546. The second-order valence-corrected chi connectivity index (χ2v) is 7.19. The van der Waals surface area contributed by atoms with E-state index in [1.807, 2.05) is 29.2 Å². The minimum Gasteiger partial charge on any atom is -0.451 e. The van der Waals surface area contributed by atoms with Crippen molar-refractivity contribution in [3.8, 4) is 0 Å². The van der Waals surface area contributed by atoms with Crippen LogP contribution in [0, 0.1) is 5.92 Å². The molecule has 1 aliphatic carbocycles. The second kappa shape index (κ2) is 6.90. The maximum atomic E-state index is 12.6. The van der Waals surface area contributed by atoms with Crippen LogP contribution in [0.3, 0.4) is 0 Å². The van der Waals surface area contributed by atoms with Gasteiger partial charge in [-0.05, 0) is 43.7 Å². The van der Waals surface area contributed by atoms with Crippen molar-refractivity contribution in [3.05, 3.63) is 36.0 Å². The van der Waals surface area contributed by atoms with Crippen LogP contribution < -0.4 is 0 Å². The molecule has 5 nitrogen and oxygen atoms in total. The molecule has 0 spiro atoms. The van der Waals surface area contributed by atoms with Crippen molar-refractivity contribution >= 4 is 22.8 Å². The summed E-state index contributed by atoms with van der Waals surface area (Å²) in [5, 5.41) is 0.960. The summed E-state index contributed by atoms with van der Waals surface area (Å²) in [6, 6.07) is 9.79. The molecular formula is C20H24N2O3. The van der Waals surface area contributed by atoms with E-state index < -0.39 is 5.97 Å². The summed E-state index contributed by atoms with van der Waals surface area (Å²) in [6.45, 7) is 0.626. The van der Waals surface area contributed by atoms with Crippen molar-refractivity contribution in [2.75, 3.05) is 13.2 Å². The summed E-state index contributed by atoms with van der Waals surface area (Å²) in [7, 11) is 0. The van der Waals surface area contributed by atoms with E-state index in [0.29, 0.717) is 17.7 Å². The number of nitrogens with one attached hydrogen (secondary N) is 1. The number of nitrogens with zero attached hydrogens (tertiary/aromatic N) is 1. The van der Waals surface area contributed by atoms with Crippen molar-refractivity contribution in [1.82, 2.24) is 9.88 Å². The number of carbonyl (C=O) groups excluding carboxylic acids is 2. The molecule has 2 fully saturated rings. The van der Waals surface area contributed by atoms with Crippen LogP contribution in [0.2, 0.25) is 0 Å². The summed E-state index contributed by atoms with van der Waals surface area (Å²) in [4.78, 5) is 29.9. The lowest BCUT2D eigenvalue weighted by Gasteiger charge is -2.44. The molecular weight excluding hydrogens is 316 g/mol. The van der Waals surface area contributed by atoms with Crippen molar-refractivity contribution in [2.24, 2.45) is 5.92 Å². The second-order valence-electron chi connectivity index (χ2n) is 7.19. The average Bonchev–Trinajstić information content (AvgIpc) is 3.09. The standard InChI is InChI=1S/C20H24N2O3/c23-19(22-11-5-8-14-6-2-4-10-18(14)22)13-25-20(24)17-12-15-7-1-3-9-16(15)21-17/h1,3,7,9,12,14,18,21H,2,4-6,8,10-11,13H2/t14-,18+/m1/s1. The van der Waals surface area contributed by atoms with E-state index in [4.69, 9.17) is 4.74 Å². The molecule has 132 valence electrons. The number of piperidine rings is 1. The van der Waals surface area contributed by atoms with Crippen molar-refractivity contribution in [2.45, 2.75) is 44.6 Å². The molecule has 2 aromatic rings. The summed E-state index contributed by atoms with van der Waals surface area (Å²) in [5.41, 5.74) is 1.28. The number of hydrogen-bond donors (Lipinski definition) is 1. The first kappa shape index (κ1) is 16.2. The number of esters is 1. The Hall–Kier alpha value is -2.30. The van der Waals surface area contributed by atoms with Crippen LogP contribution in [0.25, 0.3) is 10.9 Å². The fourth-order valence-corrected chi connectivity index (χ4v) is 4.41. The lowest BCUT2D eigenvalue weighted by atomic mass is 9.78. The van der Waals surface area contributed by atoms with Gasteiger partial charge in [0, 0.05) is 23.5 Å². The third-order valence-electron chi connectivity index (χ3n) is 5.64. The van der Waals surface area contributed by atoms with Crippen LogP contribution in [-0.2, 0) is 9.53 Å². The molecule has 0 radical (unpaired) electrons. The molecule has 2 atom stereocenters. The van der Waals surface area contributed by atoms with Crippen LogP contribution >= 0.6 is 0 Å². The number of aromatic nitrogens is 1. The van der Waals surface area contributed by atoms with Gasteiger partial charge in [0.25, 0.3) is 5.91 Å². The Bertz CT molecular complexity index is 747. The fraction of sp³-hybridized carbons (Fsp3) is 0.500. The third-order valence-corrected chi connectivity index (χ3v) is 5.64. The van der Waals surface area contributed by atoms with Gasteiger partial charge in [-0.15, -0.1) is 0 Å². The zero-order valence-corrected chi connectivity index (χ0v) is 14.4. The first-order chi connectivity index (χ1) is 12.2. The SMILES string of the molecule is O=C(OCC(=O)N1CCC[C@H]2CCCC[C@@H]21)c1cc2ccccc2[nH]1. The average molecular weight is 340 g/mol. The summed E-state index contributed by atoms with van der Waals surface area (Å²) in [5.74, 6) is 0.110. The quantitative estimate of drug-likeness (QED) is 0.870. The van der Waals surface area contributed by atoms with Gasteiger partial charge in [-0.3, -0.25) is 4.79 Å². The Morgan fingerprint density at radius 3 is 2.80 bits per heavy atom. The van der Waals surface area contributed by atoms with E-state index in [9.17, 15) is 9.59 Å². The minimum atomic E-state index is -0.471. The summed E-state index contributed by atoms with van der Waals surface area (Å²) in [6.07, 6.45) is 7.07. The molecule has 25 heavy (non-hydrogen) atoms. The number of likely N-dealkylation sites (tertiary alicyclic amines) is 1. The largest absolute Gasteiger partial charge is 0.451 e. The van der Waals surface area contributed by atoms with E-state index in [1.165, 1.54) is 25.7 Å². The van der Waals surface area contributed by atoms with Crippen LogP contribution in [0.5, 0.6) is 0 Å². The number of ether oxygens (including phenoxy) is 1. The highest BCUT2D eigenvalue weighted by Crippen LogP contribution is 2.35. The smallest absolute Gasteiger partial charge is 0.355 e. The van der Waals surface area contributed by atoms with Gasteiger partial charge >= 0.3 is 5.97 Å². The van der Waals surface area contributed by atoms with Gasteiger partial charge in [0.2, 0.25) is 0 Å². The van der Waals surface area contributed by atoms with E-state index in [-0.39, 0.29) is 12.5 Å². The lowest BCUT2D eigenvalue weighted by Crippen LogP contribution is -2.50. The maximum Gasteiger partial charge on any atom is 0.355 e. The van der Waals surface area contributed by atoms with Gasteiger partial charge < -0.3 is 14.6 Å². The van der Waals surface area contributed by atoms with Crippen molar-refractivity contribution < 1.29 is 14.3 Å². The molecule has 1 N–H and O–H groups in total. The normalized spacial score (nSPS) is 23.3. The predicted molar refractivity (Wildman–Crippen MR) is 95.3 cm³/mol. The molecule has 1 aliphatic heterocycles. The van der Waals surface area contributed by atoms with Gasteiger partial charge in [-0.25, -0.2) is 4.79 Å². The Kier molecular flexibility index (Phi) is 4.47. The molecule has 0 bridgehead atoms. The maximum absolute atomic E-state index is 12.6. The first-order valence-electron chi connectivity index (χ1n) is 9.27. The number of benzene rings is 1. The summed E-state index contributed by atoms with van der Waals surface area (Å²) < 4.78 is 5.29. The molecule has 1 aromatic carbocycles. The summed E-state index contributed by atoms with van der Waals surface area (Å²) >= 11 is 0. The molecule has 2 heterocycles. The molecule has 5 heteroatoms. The van der Waals surface area contributed by atoms with Crippen LogP contribution in [0.4, 0.5) is 0 Å². The molecule has 1 saturated heterocycles. The van der Waals surface area contributed by atoms with Gasteiger partial charge in [-0.2, -0.15) is 0 Å². The van der Waals surface area contributed by atoms with Gasteiger partial charge in [0.1, 0.15) is 5.69 Å². The number of rotatable bonds is 3. The monoisotopic (exact) mass is 340 g/mol. The Labute approximate surface area is 147 Å². The number of H-pyrrole nitrogens is 1. The molecule has 1 aromatic heterocycles. The van der Waals surface area contributed by atoms with Gasteiger partial charge in [-0.1, -0.05) is 31.0 Å². The fourth-order valence-electron chi connectivity index (χ4n) is 4.41. The highest BCUT2D eigenvalue weighted by molar-refractivity contribution is 5.95. The molecule has 2 aliphatic rings. The molecule has 0 unspecified atom stereocenters. The number of fused-ring (bicyclic) bond motifs is 2. The highest BCUT2D eigenvalue weighted by Gasteiger charge is 2.35. The van der Waals surface area contributed by atoms with Crippen LogP contribution in [0.15, 0.2) is 30.3 Å².